The standard InChI is InChI=1S/C10H22N2O2S/c1-15(13,14)12-10(8-11)7-9-5-3-2-4-6-9/h9-10,12H,2-8,11H2,1H3. The van der Waals surface area contributed by atoms with Crippen molar-refractivity contribution >= 4 is 10.0 Å². The zero-order chi connectivity index (χ0) is 11.3. The zero-order valence-corrected chi connectivity index (χ0v) is 10.2. The Morgan fingerprint density at radius 3 is 2.40 bits per heavy atom. The van der Waals surface area contributed by atoms with Crippen LogP contribution in [0.3, 0.4) is 0 Å². The lowest BCUT2D eigenvalue weighted by Gasteiger charge is -2.25. The fourth-order valence-electron chi connectivity index (χ4n) is 2.32. The van der Waals surface area contributed by atoms with Crippen molar-refractivity contribution in [1.82, 2.24) is 4.72 Å². The van der Waals surface area contributed by atoms with Crippen molar-refractivity contribution < 1.29 is 8.42 Å². The van der Waals surface area contributed by atoms with Crippen molar-refractivity contribution in [3.05, 3.63) is 0 Å². The van der Waals surface area contributed by atoms with E-state index in [4.69, 9.17) is 5.73 Å². The molecule has 0 aromatic heterocycles. The maximum atomic E-state index is 11.1. The SMILES string of the molecule is CS(=O)(=O)NC(CN)CC1CCCCC1. The van der Waals surface area contributed by atoms with E-state index < -0.39 is 10.0 Å². The van der Waals surface area contributed by atoms with Gasteiger partial charge < -0.3 is 5.73 Å². The molecule has 0 amide bonds. The molecule has 4 nitrogen and oxygen atoms in total. The van der Waals surface area contributed by atoms with Crippen LogP contribution >= 0.6 is 0 Å². The van der Waals surface area contributed by atoms with Gasteiger partial charge in [-0.15, -0.1) is 0 Å². The number of sulfonamides is 1. The molecule has 90 valence electrons. The molecule has 0 aromatic rings. The van der Waals surface area contributed by atoms with Gasteiger partial charge in [-0.05, 0) is 12.3 Å². The molecule has 15 heavy (non-hydrogen) atoms. The van der Waals surface area contributed by atoms with Gasteiger partial charge >= 0.3 is 0 Å². The van der Waals surface area contributed by atoms with Gasteiger partial charge in [0.25, 0.3) is 0 Å². The average Bonchev–Trinajstić information content (AvgIpc) is 2.16. The summed E-state index contributed by atoms with van der Waals surface area (Å²) in [5.41, 5.74) is 5.57. The van der Waals surface area contributed by atoms with E-state index in [1.54, 1.807) is 0 Å². The Bertz CT molecular complexity index is 271. The van der Waals surface area contributed by atoms with Crippen molar-refractivity contribution in [3.8, 4) is 0 Å². The Morgan fingerprint density at radius 2 is 1.93 bits per heavy atom. The number of hydrogen-bond acceptors (Lipinski definition) is 3. The lowest BCUT2D eigenvalue weighted by atomic mass is 9.85. The Labute approximate surface area is 92.7 Å². The quantitative estimate of drug-likeness (QED) is 0.740. The molecular weight excluding hydrogens is 212 g/mol. The highest BCUT2D eigenvalue weighted by Crippen LogP contribution is 2.27. The Kier molecular flexibility index (Phi) is 5.02. The average molecular weight is 234 g/mol. The highest BCUT2D eigenvalue weighted by molar-refractivity contribution is 7.88. The van der Waals surface area contributed by atoms with Crippen LogP contribution in [-0.4, -0.2) is 27.3 Å². The summed E-state index contributed by atoms with van der Waals surface area (Å²) in [4.78, 5) is 0. The van der Waals surface area contributed by atoms with Gasteiger partial charge in [0.05, 0.1) is 6.26 Å². The zero-order valence-electron chi connectivity index (χ0n) is 9.41. The Hall–Kier alpha value is -0.130. The summed E-state index contributed by atoms with van der Waals surface area (Å²) < 4.78 is 24.8. The minimum absolute atomic E-state index is 0.0805. The van der Waals surface area contributed by atoms with E-state index in [2.05, 4.69) is 4.72 Å². The van der Waals surface area contributed by atoms with Crippen molar-refractivity contribution in [1.29, 1.82) is 0 Å². The maximum Gasteiger partial charge on any atom is 0.208 e. The second-order valence-electron chi connectivity index (χ2n) is 4.56. The summed E-state index contributed by atoms with van der Waals surface area (Å²) in [6, 6.07) is -0.0805. The van der Waals surface area contributed by atoms with E-state index in [0.717, 1.165) is 6.42 Å². The van der Waals surface area contributed by atoms with Crippen LogP contribution in [0.1, 0.15) is 38.5 Å². The topological polar surface area (TPSA) is 72.2 Å². The third-order valence-corrected chi connectivity index (χ3v) is 3.77. The fourth-order valence-corrected chi connectivity index (χ4v) is 3.12. The van der Waals surface area contributed by atoms with Crippen LogP contribution in [0.15, 0.2) is 0 Å². The minimum Gasteiger partial charge on any atom is -0.329 e. The molecule has 0 aliphatic heterocycles. The van der Waals surface area contributed by atoms with Gasteiger partial charge in [0.2, 0.25) is 10.0 Å². The summed E-state index contributed by atoms with van der Waals surface area (Å²) >= 11 is 0. The van der Waals surface area contributed by atoms with Gasteiger partial charge in [0, 0.05) is 12.6 Å². The molecule has 5 heteroatoms. The van der Waals surface area contributed by atoms with E-state index >= 15 is 0 Å². The van der Waals surface area contributed by atoms with E-state index in [9.17, 15) is 8.42 Å². The van der Waals surface area contributed by atoms with E-state index in [1.807, 2.05) is 0 Å². The van der Waals surface area contributed by atoms with Crippen molar-refractivity contribution in [2.75, 3.05) is 12.8 Å². The van der Waals surface area contributed by atoms with Gasteiger partial charge in [0.15, 0.2) is 0 Å². The Balaban J connectivity index is 2.38. The molecule has 3 N–H and O–H groups in total. The first-order valence-electron chi connectivity index (χ1n) is 5.68. The van der Waals surface area contributed by atoms with Crippen LogP contribution in [0.5, 0.6) is 0 Å². The summed E-state index contributed by atoms with van der Waals surface area (Å²) in [7, 11) is -3.12. The molecule has 1 unspecified atom stereocenters. The molecule has 1 aliphatic rings. The van der Waals surface area contributed by atoms with Gasteiger partial charge in [-0.3, -0.25) is 0 Å². The molecule has 1 aliphatic carbocycles. The first-order valence-corrected chi connectivity index (χ1v) is 7.58. The highest BCUT2D eigenvalue weighted by Gasteiger charge is 2.20. The van der Waals surface area contributed by atoms with E-state index in [0.29, 0.717) is 12.5 Å². The molecule has 0 spiro atoms. The van der Waals surface area contributed by atoms with Gasteiger partial charge in [0.1, 0.15) is 0 Å². The molecule has 0 saturated heterocycles. The van der Waals surface area contributed by atoms with E-state index in [1.165, 1.54) is 38.4 Å². The first kappa shape index (κ1) is 12.9. The van der Waals surface area contributed by atoms with Gasteiger partial charge in [-0.25, -0.2) is 13.1 Å². The fraction of sp³-hybridized carbons (Fsp3) is 1.00. The molecule has 0 bridgehead atoms. The van der Waals surface area contributed by atoms with Crippen LogP contribution in [0.25, 0.3) is 0 Å². The molecule has 1 fully saturated rings. The molecule has 0 heterocycles. The molecule has 0 aromatic carbocycles. The maximum absolute atomic E-state index is 11.1. The van der Waals surface area contributed by atoms with Crippen LogP contribution in [0.4, 0.5) is 0 Å². The second-order valence-corrected chi connectivity index (χ2v) is 6.34. The van der Waals surface area contributed by atoms with Crippen molar-refractivity contribution in [2.24, 2.45) is 11.7 Å². The highest BCUT2D eigenvalue weighted by atomic mass is 32.2. The van der Waals surface area contributed by atoms with Gasteiger partial charge in [-0.2, -0.15) is 0 Å². The van der Waals surface area contributed by atoms with Crippen LogP contribution < -0.4 is 10.5 Å². The monoisotopic (exact) mass is 234 g/mol. The summed E-state index contributed by atoms with van der Waals surface area (Å²) in [5.74, 6) is 0.654. The number of rotatable bonds is 5. The summed E-state index contributed by atoms with van der Waals surface area (Å²) in [5, 5.41) is 0. The lowest BCUT2D eigenvalue weighted by Crippen LogP contribution is -2.41. The minimum atomic E-state index is -3.12. The Morgan fingerprint density at radius 1 is 1.33 bits per heavy atom. The molecular formula is C10H22N2O2S. The normalized spacial score (nSPS) is 21.5. The summed E-state index contributed by atoms with van der Waals surface area (Å²) in [6.45, 7) is 0.392. The van der Waals surface area contributed by atoms with E-state index in [-0.39, 0.29) is 6.04 Å². The number of hydrogen-bond donors (Lipinski definition) is 2. The largest absolute Gasteiger partial charge is 0.329 e. The third-order valence-electron chi connectivity index (χ3n) is 3.01. The molecule has 1 rings (SSSR count). The first-order chi connectivity index (χ1) is 7.01. The second kappa shape index (κ2) is 5.82. The van der Waals surface area contributed by atoms with Crippen LogP contribution in [-0.2, 0) is 10.0 Å². The van der Waals surface area contributed by atoms with Crippen LogP contribution in [0.2, 0.25) is 0 Å². The smallest absolute Gasteiger partial charge is 0.208 e. The molecule has 0 radical (unpaired) electrons. The number of nitrogens with one attached hydrogen (secondary N) is 1. The summed E-state index contributed by atoms with van der Waals surface area (Å²) in [6.07, 6.45) is 8.41. The predicted octanol–water partition coefficient (Wildman–Crippen LogP) is 0.833. The molecule has 1 saturated carbocycles. The van der Waals surface area contributed by atoms with Crippen molar-refractivity contribution in [3.63, 3.8) is 0 Å². The molecule has 1 atom stereocenters. The number of nitrogens with two attached hydrogens (primary N) is 1. The van der Waals surface area contributed by atoms with Crippen molar-refractivity contribution in [2.45, 2.75) is 44.6 Å². The third kappa shape index (κ3) is 5.49. The predicted molar refractivity (Wildman–Crippen MR) is 62.0 cm³/mol. The van der Waals surface area contributed by atoms with Crippen LogP contribution in [0, 0.1) is 5.92 Å². The lowest BCUT2D eigenvalue weighted by molar-refractivity contribution is 0.312. The van der Waals surface area contributed by atoms with Gasteiger partial charge in [-0.1, -0.05) is 32.1 Å².